The lowest BCUT2D eigenvalue weighted by atomic mass is 9.85. The van der Waals surface area contributed by atoms with Gasteiger partial charge in [0.05, 0.1) is 24.7 Å². The Bertz CT molecular complexity index is 509. The van der Waals surface area contributed by atoms with Crippen molar-refractivity contribution in [3.8, 4) is 0 Å². The number of hydrogen-bond acceptors (Lipinski definition) is 5. The molecular weight excluding hydrogens is 266 g/mol. The lowest BCUT2D eigenvalue weighted by Gasteiger charge is -2.15. The Kier molecular flexibility index (Phi) is 2.84. The Balaban J connectivity index is 1.67. The van der Waals surface area contributed by atoms with Gasteiger partial charge in [-0.15, -0.1) is 5.06 Å². The molecule has 1 saturated heterocycles. The van der Waals surface area contributed by atoms with Gasteiger partial charge in [0, 0.05) is 0 Å². The zero-order valence-corrected chi connectivity index (χ0v) is 10.5. The Morgan fingerprint density at radius 1 is 1.15 bits per heavy atom. The van der Waals surface area contributed by atoms with E-state index in [-0.39, 0.29) is 18.3 Å². The standard InChI is InChI=1S/C13H13NO6/c15-8(16)3-4-9(17)20-14-12(18)10-6-1-2-7(5-6)11(10)13(14)19/h1-2,6-7,10-11H,3-5H2,(H,15,16). The molecule has 1 heterocycles. The number of imide groups is 1. The maximum absolute atomic E-state index is 12.1. The van der Waals surface area contributed by atoms with Crippen LogP contribution in [0.25, 0.3) is 0 Å². The minimum atomic E-state index is -1.14. The minimum absolute atomic E-state index is 0.0455. The molecule has 3 aliphatic rings. The van der Waals surface area contributed by atoms with Crippen LogP contribution in [0.4, 0.5) is 0 Å². The summed E-state index contributed by atoms with van der Waals surface area (Å²) in [5, 5.41) is 9.01. The number of carbonyl (C=O) groups is 4. The van der Waals surface area contributed by atoms with Crippen LogP contribution < -0.4 is 0 Å². The molecule has 4 unspecified atom stereocenters. The number of amides is 2. The number of hydrogen-bond donors (Lipinski definition) is 1. The van der Waals surface area contributed by atoms with E-state index in [4.69, 9.17) is 9.94 Å². The first kappa shape index (κ1) is 12.8. The van der Waals surface area contributed by atoms with Crippen LogP contribution in [0.5, 0.6) is 0 Å². The largest absolute Gasteiger partial charge is 0.481 e. The molecule has 2 aliphatic carbocycles. The molecule has 2 bridgehead atoms. The number of nitrogens with zero attached hydrogens (tertiary/aromatic N) is 1. The number of carboxylic acid groups (broad SMARTS) is 1. The van der Waals surface area contributed by atoms with Crippen LogP contribution in [0.15, 0.2) is 12.2 Å². The fourth-order valence-electron chi connectivity index (χ4n) is 3.32. The van der Waals surface area contributed by atoms with E-state index in [1.54, 1.807) is 0 Å². The number of allylic oxidation sites excluding steroid dienone is 2. The van der Waals surface area contributed by atoms with Gasteiger partial charge in [-0.05, 0) is 18.3 Å². The summed E-state index contributed by atoms with van der Waals surface area (Å²) in [7, 11) is 0. The number of carboxylic acids is 1. The first-order chi connectivity index (χ1) is 9.49. The third-order valence-corrected chi connectivity index (χ3v) is 4.17. The highest BCUT2D eigenvalue weighted by molar-refractivity contribution is 6.06. The molecule has 7 nitrogen and oxygen atoms in total. The van der Waals surface area contributed by atoms with Crippen LogP contribution in [0.3, 0.4) is 0 Å². The highest BCUT2D eigenvalue weighted by Crippen LogP contribution is 2.52. The summed E-state index contributed by atoms with van der Waals surface area (Å²) in [5.41, 5.74) is 0. The molecule has 0 aromatic heterocycles. The molecule has 0 aromatic carbocycles. The van der Waals surface area contributed by atoms with Gasteiger partial charge in [0.25, 0.3) is 11.8 Å². The number of aliphatic carboxylic acids is 1. The first-order valence-electron chi connectivity index (χ1n) is 6.47. The molecule has 1 N–H and O–H groups in total. The quantitative estimate of drug-likeness (QED) is 0.579. The second-order valence-electron chi connectivity index (χ2n) is 5.33. The molecule has 1 aliphatic heterocycles. The molecular formula is C13H13NO6. The second-order valence-corrected chi connectivity index (χ2v) is 5.33. The number of rotatable bonds is 4. The topological polar surface area (TPSA) is 101 Å². The van der Waals surface area contributed by atoms with Crippen molar-refractivity contribution < 1.29 is 29.1 Å². The Morgan fingerprint density at radius 3 is 2.20 bits per heavy atom. The lowest BCUT2D eigenvalue weighted by molar-refractivity contribution is -0.199. The van der Waals surface area contributed by atoms with Gasteiger partial charge in [-0.3, -0.25) is 14.4 Å². The fourth-order valence-corrected chi connectivity index (χ4v) is 3.32. The van der Waals surface area contributed by atoms with Crippen molar-refractivity contribution in [2.75, 3.05) is 0 Å². The van der Waals surface area contributed by atoms with Crippen LogP contribution in [-0.2, 0) is 24.0 Å². The van der Waals surface area contributed by atoms with Crippen molar-refractivity contribution in [3.63, 3.8) is 0 Å². The average molecular weight is 279 g/mol. The van der Waals surface area contributed by atoms with E-state index in [1.165, 1.54) is 0 Å². The molecule has 20 heavy (non-hydrogen) atoms. The van der Waals surface area contributed by atoms with E-state index < -0.39 is 42.0 Å². The molecule has 2 fully saturated rings. The lowest BCUT2D eigenvalue weighted by Crippen LogP contribution is -2.35. The summed E-state index contributed by atoms with van der Waals surface area (Å²) in [6.45, 7) is 0. The molecule has 106 valence electrons. The van der Waals surface area contributed by atoms with E-state index in [0.29, 0.717) is 5.06 Å². The van der Waals surface area contributed by atoms with Crippen molar-refractivity contribution in [3.05, 3.63) is 12.2 Å². The summed E-state index contributed by atoms with van der Waals surface area (Å²) < 4.78 is 0. The normalized spacial score (nSPS) is 33.7. The van der Waals surface area contributed by atoms with Crippen LogP contribution in [0.1, 0.15) is 19.3 Å². The minimum Gasteiger partial charge on any atom is -0.481 e. The molecule has 0 aromatic rings. The predicted molar refractivity (Wildman–Crippen MR) is 62.5 cm³/mol. The molecule has 4 atom stereocenters. The van der Waals surface area contributed by atoms with Gasteiger partial charge in [0.2, 0.25) is 0 Å². The van der Waals surface area contributed by atoms with E-state index >= 15 is 0 Å². The van der Waals surface area contributed by atoms with Crippen LogP contribution in [0, 0.1) is 23.7 Å². The number of fused-ring (bicyclic) bond motifs is 5. The second kappa shape index (κ2) is 4.43. The number of hydroxylamine groups is 2. The monoisotopic (exact) mass is 279 g/mol. The Hall–Kier alpha value is -2.18. The Morgan fingerprint density at radius 2 is 1.70 bits per heavy atom. The molecule has 2 amide bonds. The van der Waals surface area contributed by atoms with E-state index in [9.17, 15) is 19.2 Å². The number of carbonyl (C=O) groups excluding carboxylic acids is 3. The average Bonchev–Trinajstić information content (AvgIpc) is 3.06. The Labute approximate surface area is 114 Å². The van der Waals surface area contributed by atoms with E-state index in [1.807, 2.05) is 12.2 Å². The highest BCUT2D eigenvalue weighted by atomic mass is 16.7. The zero-order valence-electron chi connectivity index (χ0n) is 10.5. The maximum atomic E-state index is 12.1. The van der Waals surface area contributed by atoms with Crippen molar-refractivity contribution in [1.82, 2.24) is 5.06 Å². The van der Waals surface area contributed by atoms with Crippen molar-refractivity contribution in [2.24, 2.45) is 23.7 Å². The van der Waals surface area contributed by atoms with Crippen molar-refractivity contribution in [1.29, 1.82) is 0 Å². The summed E-state index contributed by atoms with van der Waals surface area (Å²) in [6, 6.07) is 0. The van der Waals surface area contributed by atoms with E-state index in [2.05, 4.69) is 0 Å². The van der Waals surface area contributed by atoms with Gasteiger partial charge in [-0.2, -0.15) is 0 Å². The first-order valence-corrected chi connectivity index (χ1v) is 6.47. The molecule has 0 spiro atoms. The van der Waals surface area contributed by atoms with Crippen LogP contribution in [0.2, 0.25) is 0 Å². The maximum Gasteiger partial charge on any atom is 0.333 e. The summed E-state index contributed by atoms with van der Waals surface area (Å²) in [5.74, 6) is -3.75. The molecule has 7 heteroatoms. The summed E-state index contributed by atoms with van der Waals surface area (Å²) >= 11 is 0. The van der Waals surface area contributed by atoms with Gasteiger partial charge in [-0.25, -0.2) is 4.79 Å². The van der Waals surface area contributed by atoms with Gasteiger partial charge in [0.15, 0.2) is 0 Å². The van der Waals surface area contributed by atoms with Crippen LogP contribution >= 0.6 is 0 Å². The molecule has 0 radical (unpaired) electrons. The molecule has 1 saturated carbocycles. The summed E-state index contributed by atoms with van der Waals surface area (Å²) in [4.78, 5) is 50.8. The van der Waals surface area contributed by atoms with Gasteiger partial charge in [-0.1, -0.05) is 12.2 Å². The third kappa shape index (κ3) is 1.81. The predicted octanol–water partition coefficient (Wildman–Crippen LogP) is 0.117. The highest BCUT2D eigenvalue weighted by Gasteiger charge is 2.60. The third-order valence-electron chi connectivity index (χ3n) is 4.17. The zero-order chi connectivity index (χ0) is 14.4. The van der Waals surface area contributed by atoms with Gasteiger partial charge >= 0.3 is 11.9 Å². The van der Waals surface area contributed by atoms with Crippen molar-refractivity contribution in [2.45, 2.75) is 19.3 Å². The van der Waals surface area contributed by atoms with Crippen molar-refractivity contribution >= 4 is 23.8 Å². The fraction of sp³-hybridized carbons (Fsp3) is 0.538. The summed E-state index contributed by atoms with van der Waals surface area (Å²) in [6.07, 6.45) is 3.91. The van der Waals surface area contributed by atoms with E-state index in [0.717, 1.165) is 6.42 Å². The van der Waals surface area contributed by atoms with Gasteiger partial charge < -0.3 is 9.94 Å². The van der Waals surface area contributed by atoms with Gasteiger partial charge in [0.1, 0.15) is 0 Å². The smallest absolute Gasteiger partial charge is 0.333 e. The van der Waals surface area contributed by atoms with Crippen LogP contribution in [-0.4, -0.2) is 33.9 Å². The molecule has 3 rings (SSSR count). The SMILES string of the molecule is O=C(O)CCC(=O)ON1C(=O)C2C3C=CC(C3)C2C1=O.